The zero-order chi connectivity index (χ0) is 29.6. The van der Waals surface area contributed by atoms with E-state index < -0.39 is 33.6 Å². The van der Waals surface area contributed by atoms with Crippen LogP contribution in [0.3, 0.4) is 0 Å². The van der Waals surface area contributed by atoms with E-state index >= 15 is 0 Å². The van der Waals surface area contributed by atoms with Crippen LogP contribution in [0.1, 0.15) is 58.9 Å². The van der Waals surface area contributed by atoms with E-state index in [2.05, 4.69) is 4.99 Å². The number of benzene rings is 3. The van der Waals surface area contributed by atoms with Crippen molar-refractivity contribution in [2.75, 3.05) is 0 Å². The molecule has 218 valence electrons. The quantitative estimate of drug-likeness (QED) is 0.112. The SMILES string of the molecule is NC(N)=N[C@@H]1Oc2ccc(cc2)CC[C@@H](S(=O)(=O)[O-])[C@@H]2C=C([C@@H](O)c3ccc(O)cc3)C[C@H]3C=Cc4cc1ccc4[C@H]23.[Na+]. The van der Waals surface area contributed by atoms with Crippen molar-refractivity contribution in [3.05, 3.63) is 112 Å². The van der Waals surface area contributed by atoms with Crippen LogP contribution in [0, 0.1) is 11.8 Å². The van der Waals surface area contributed by atoms with Crippen molar-refractivity contribution in [1.29, 1.82) is 0 Å². The molecule has 0 amide bonds. The number of aliphatic hydroxyl groups is 1. The van der Waals surface area contributed by atoms with Gasteiger partial charge in [-0.3, -0.25) is 0 Å². The topological polar surface area (TPSA) is 171 Å². The van der Waals surface area contributed by atoms with Gasteiger partial charge in [0, 0.05) is 11.5 Å². The summed E-state index contributed by atoms with van der Waals surface area (Å²) in [4.78, 5) is 4.30. The second-order valence-electron chi connectivity index (χ2n) is 11.2. The Bertz CT molecular complexity index is 1680. The van der Waals surface area contributed by atoms with Gasteiger partial charge >= 0.3 is 29.6 Å². The molecule has 0 fully saturated rings. The van der Waals surface area contributed by atoms with Crippen LogP contribution >= 0.6 is 0 Å². The van der Waals surface area contributed by atoms with Gasteiger partial charge in [-0.15, -0.1) is 0 Å². The Hall–Kier alpha value is -3.12. The molecule has 0 aromatic heterocycles. The molecule has 0 spiro atoms. The fourth-order valence-corrected chi connectivity index (χ4v) is 7.61. The molecule has 6 atom stereocenters. The van der Waals surface area contributed by atoms with Crippen molar-refractivity contribution in [2.24, 2.45) is 28.3 Å². The van der Waals surface area contributed by atoms with E-state index in [-0.39, 0.29) is 59.5 Å². The summed E-state index contributed by atoms with van der Waals surface area (Å²) in [6.07, 6.45) is 4.96. The Kier molecular flexibility index (Phi) is 9.08. The van der Waals surface area contributed by atoms with Gasteiger partial charge in [0.2, 0.25) is 6.23 Å². The molecule has 6 aliphatic rings. The number of rotatable bonds is 4. The van der Waals surface area contributed by atoms with E-state index in [9.17, 15) is 23.2 Å². The van der Waals surface area contributed by atoms with Crippen molar-refractivity contribution < 1.29 is 57.5 Å². The van der Waals surface area contributed by atoms with E-state index in [4.69, 9.17) is 16.2 Å². The molecule has 9 nitrogen and oxygen atoms in total. The molecular formula is C32H32N3NaO6S. The third kappa shape index (κ3) is 6.55. The van der Waals surface area contributed by atoms with E-state index in [1.165, 1.54) is 12.1 Å². The zero-order valence-electron chi connectivity index (χ0n) is 23.7. The zero-order valence-corrected chi connectivity index (χ0v) is 26.5. The molecule has 6 bridgehead atoms. The first-order chi connectivity index (χ1) is 20.1. The van der Waals surface area contributed by atoms with Gasteiger partial charge in [0.1, 0.15) is 17.6 Å². The third-order valence-corrected chi connectivity index (χ3v) is 9.84. The minimum atomic E-state index is -4.74. The number of aliphatic hydroxyl groups excluding tert-OH is 1. The van der Waals surface area contributed by atoms with E-state index in [0.717, 1.165) is 16.7 Å². The molecule has 3 aromatic carbocycles. The molecule has 4 heterocycles. The van der Waals surface area contributed by atoms with Gasteiger partial charge in [-0.05, 0) is 89.3 Å². The van der Waals surface area contributed by atoms with Gasteiger partial charge in [0.05, 0.1) is 15.4 Å². The normalized spacial score (nSPS) is 24.9. The number of allylic oxidation sites excluding steroid dienone is 2. The summed E-state index contributed by atoms with van der Waals surface area (Å²) >= 11 is 0. The van der Waals surface area contributed by atoms with Crippen molar-refractivity contribution in [3.63, 3.8) is 0 Å². The van der Waals surface area contributed by atoms with E-state index in [0.29, 0.717) is 35.3 Å². The fraction of sp³-hybridized carbons (Fsp3) is 0.281. The molecule has 4 aliphatic heterocycles. The maximum atomic E-state index is 12.9. The standard InChI is InChI=1S/C32H33N3O6S.Na/c33-32(34)35-31-22-8-13-26-20(15-22)4-5-21-16-23(30(37)19-6-9-24(36)10-7-19)17-27(29(21)26)28(42(38,39)40)14-3-18-1-11-25(41-31)12-2-18;/h1-2,4-13,15,17,21,27-31,36-37H,3,14,16H2,(H4,33,34,35)(H,38,39,40);/q;+1/p-1/t21-,27+,28-,29-,30+,31-;/m1./s1. The van der Waals surface area contributed by atoms with Crippen LogP contribution in [-0.4, -0.2) is 34.4 Å². The summed E-state index contributed by atoms with van der Waals surface area (Å²) < 4.78 is 45.0. The van der Waals surface area contributed by atoms with Gasteiger partial charge < -0.3 is 31.0 Å². The smallest absolute Gasteiger partial charge is 0.748 e. The Morgan fingerprint density at radius 1 is 1.05 bits per heavy atom. The van der Waals surface area contributed by atoms with E-state index in [1.54, 1.807) is 24.3 Å². The second-order valence-corrected chi connectivity index (χ2v) is 12.8. The average Bonchev–Trinajstić information content (AvgIpc) is 2.96. The van der Waals surface area contributed by atoms with E-state index in [1.807, 2.05) is 48.6 Å². The molecule has 43 heavy (non-hydrogen) atoms. The number of phenols is 1. The third-order valence-electron chi connectivity index (χ3n) is 8.55. The predicted octanol–water partition coefficient (Wildman–Crippen LogP) is 1.01. The molecule has 0 radical (unpaired) electrons. The second kappa shape index (κ2) is 12.5. The van der Waals surface area contributed by atoms with Crippen LogP contribution in [0.4, 0.5) is 0 Å². The number of guanidine groups is 1. The number of hydrogen-bond acceptors (Lipinski definition) is 7. The fourth-order valence-electron chi connectivity index (χ4n) is 6.57. The summed E-state index contributed by atoms with van der Waals surface area (Å²) in [5.74, 6) is -0.647. The Balaban J connectivity index is 0.00000368. The molecule has 2 aliphatic carbocycles. The minimum absolute atomic E-state index is 0. The van der Waals surface area contributed by atoms with Crippen LogP contribution in [-0.2, 0) is 16.5 Å². The maximum Gasteiger partial charge on any atom is 1.00 e. The number of nitrogens with two attached hydrogens (primary N) is 2. The Morgan fingerprint density at radius 2 is 1.77 bits per heavy atom. The first-order valence-electron chi connectivity index (χ1n) is 13.9. The molecule has 6 N–H and O–H groups in total. The van der Waals surface area contributed by atoms with Gasteiger partial charge in [-0.25, -0.2) is 13.4 Å². The number of aliphatic imine (C=N–C) groups is 1. The number of phenolic OH excluding ortho intramolecular Hbond substituents is 1. The first-order valence-corrected chi connectivity index (χ1v) is 15.3. The number of aryl methyl sites for hydroxylation is 1. The van der Waals surface area contributed by atoms with Crippen LogP contribution in [0.25, 0.3) is 6.08 Å². The van der Waals surface area contributed by atoms with Gasteiger partial charge in [-0.1, -0.05) is 54.6 Å². The molecule has 0 unspecified atom stereocenters. The molecule has 0 saturated carbocycles. The predicted molar refractivity (Wildman–Crippen MR) is 158 cm³/mol. The summed E-state index contributed by atoms with van der Waals surface area (Å²) in [6, 6.07) is 19.2. The number of nitrogens with zero attached hydrogens (tertiary/aromatic N) is 1. The molecule has 11 heteroatoms. The van der Waals surface area contributed by atoms with Crippen molar-refractivity contribution in [2.45, 2.75) is 42.8 Å². The number of aromatic hydroxyl groups is 1. The maximum absolute atomic E-state index is 12.9. The Labute approximate surface area is 273 Å². The van der Waals surface area contributed by atoms with Crippen LogP contribution < -0.4 is 45.8 Å². The minimum Gasteiger partial charge on any atom is -0.748 e. The summed E-state index contributed by atoms with van der Waals surface area (Å²) in [5, 5.41) is 19.9. The average molecular weight is 610 g/mol. The van der Waals surface area contributed by atoms with Crippen LogP contribution in [0.15, 0.2) is 89.4 Å². The van der Waals surface area contributed by atoms with Crippen molar-refractivity contribution >= 4 is 22.2 Å². The van der Waals surface area contributed by atoms with Gasteiger partial charge in [-0.2, -0.15) is 0 Å². The summed E-state index contributed by atoms with van der Waals surface area (Å²) in [5.41, 5.74) is 16.0. The van der Waals surface area contributed by atoms with Crippen LogP contribution in [0.5, 0.6) is 11.5 Å². The molecular weight excluding hydrogens is 577 g/mol. The summed E-state index contributed by atoms with van der Waals surface area (Å²) in [6.45, 7) is 0. The first kappa shape index (κ1) is 31.3. The largest absolute Gasteiger partial charge is 1.00 e. The van der Waals surface area contributed by atoms with Crippen molar-refractivity contribution in [3.8, 4) is 11.5 Å². The van der Waals surface area contributed by atoms with Crippen LogP contribution in [0.2, 0.25) is 0 Å². The van der Waals surface area contributed by atoms with Crippen molar-refractivity contribution in [1.82, 2.24) is 0 Å². The van der Waals surface area contributed by atoms with Gasteiger partial charge in [0.25, 0.3) is 0 Å². The van der Waals surface area contributed by atoms with Gasteiger partial charge in [0.15, 0.2) is 5.96 Å². The summed E-state index contributed by atoms with van der Waals surface area (Å²) in [7, 11) is -4.74. The molecule has 0 saturated heterocycles. The molecule has 3 aromatic rings. The molecule has 9 rings (SSSR count). The Morgan fingerprint density at radius 3 is 2.44 bits per heavy atom. The monoisotopic (exact) mass is 609 g/mol. The number of ether oxygens (including phenoxy) is 1. The number of hydrogen-bond donors (Lipinski definition) is 4.